The average Bonchev–Trinajstić information content (AvgIpc) is 2.71. The number of nitrogens with two attached hydrogens (primary N) is 1. The van der Waals surface area contributed by atoms with E-state index in [1.165, 1.54) is 36.9 Å². The lowest BCUT2D eigenvalue weighted by Gasteiger charge is -2.30. The van der Waals surface area contributed by atoms with Crippen LogP contribution in [0.15, 0.2) is 24.3 Å². The monoisotopic (exact) mass is 204 g/mol. The van der Waals surface area contributed by atoms with Crippen LogP contribution in [-0.2, 0) is 0 Å². The maximum atomic E-state index is 5.90. The van der Waals surface area contributed by atoms with Crippen LogP contribution in [0.4, 0.5) is 5.69 Å². The van der Waals surface area contributed by atoms with Gasteiger partial charge < -0.3 is 11.1 Å². The van der Waals surface area contributed by atoms with Crippen molar-refractivity contribution in [2.75, 3.05) is 11.9 Å². The van der Waals surface area contributed by atoms with Gasteiger partial charge in [-0.3, -0.25) is 0 Å². The minimum absolute atomic E-state index is 0.159. The summed E-state index contributed by atoms with van der Waals surface area (Å²) in [4.78, 5) is 0. The van der Waals surface area contributed by atoms with Gasteiger partial charge >= 0.3 is 0 Å². The highest BCUT2D eigenvalue weighted by molar-refractivity contribution is 5.52. The van der Waals surface area contributed by atoms with Crippen molar-refractivity contribution in [1.29, 1.82) is 0 Å². The lowest BCUT2D eigenvalue weighted by Crippen LogP contribution is -2.42. The molecule has 82 valence electrons. The van der Waals surface area contributed by atoms with Crippen molar-refractivity contribution in [3.8, 4) is 0 Å². The van der Waals surface area contributed by atoms with Crippen LogP contribution in [0.3, 0.4) is 0 Å². The van der Waals surface area contributed by atoms with Gasteiger partial charge in [0.25, 0.3) is 0 Å². The lowest BCUT2D eigenvalue weighted by atomic mass is 9.97. The summed E-state index contributed by atoms with van der Waals surface area (Å²) in [7, 11) is 0. The van der Waals surface area contributed by atoms with Gasteiger partial charge in [0.2, 0.25) is 0 Å². The number of benzene rings is 1. The summed E-state index contributed by atoms with van der Waals surface area (Å²) >= 11 is 0. The van der Waals surface area contributed by atoms with E-state index < -0.39 is 0 Å². The minimum Gasteiger partial charge on any atom is -0.378 e. The summed E-state index contributed by atoms with van der Waals surface area (Å²) in [6.07, 6.45) is 5.02. The van der Waals surface area contributed by atoms with Crippen LogP contribution in [0.2, 0.25) is 0 Å². The van der Waals surface area contributed by atoms with Crippen molar-refractivity contribution in [3.63, 3.8) is 0 Å². The molecule has 2 rings (SSSR count). The Morgan fingerprint density at radius 2 is 1.93 bits per heavy atom. The molecule has 0 saturated heterocycles. The van der Waals surface area contributed by atoms with Gasteiger partial charge in [0.05, 0.1) is 0 Å². The number of nitrogens with one attached hydrogen (secondary N) is 1. The van der Waals surface area contributed by atoms with E-state index in [-0.39, 0.29) is 5.54 Å². The van der Waals surface area contributed by atoms with Crippen LogP contribution in [-0.4, -0.2) is 12.1 Å². The van der Waals surface area contributed by atoms with Crippen LogP contribution in [0.5, 0.6) is 0 Å². The standard InChI is InChI=1S/C13H20N2/c1-11-6-2-3-7-12(11)15-13(10-14)8-4-5-9-13/h2-3,6-7,15H,4-5,8-10,14H2,1H3. The van der Waals surface area contributed by atoms with Crippen LogP contribution in [0.25, 0.3) is 0 Å². The zero-order valence-electron chi connectivity index (χ0n) is 9.42. The molecular weight excluding hydrogens is 184 g/mol. The Bertz CT molecular complexity index is 327. The van der Waals surface area contributed by atoms with Crippen molar-refractivity contribution in [2.45, 2.75) is 38.1 Å². The normalized spacial score (nSPS) is 19.1. The smallest absolute Gasteiger partial charge is 0.0495 e. The zero-order valence-corrected chi connectivity index (χ0v) is 9.42. The summed E-state index contributed by atoms with van der Waals surface area (Å²) in [5.74, 6) is 0. The molecule has 0 radical (unpaired) electrons. The predicted molar refractivity (Wildman–Crippen MR) is 65.1 cm³/mol. The molecule has 2 nitrogen and oxygen atoms in total. The van der Waals surface area contributed by atoms with E-state index in [0.29, 0.717) is 0 Å². The van der Waals surface area contributed by atoms with E-state index in [0.717, 1.165) is 6.54 Å². The molecule has 1 saturated carbocycles. The van der Waals surface area contributed by atoms with Crippen LogP contribution >= 0.6 is 0 Å². The molecule has 0 unspecified atom stereocenters. The molecule has 0 heterocycles. The summed E-state index contributed by atoms with van der Waals surface area (Å²) < 4.78 is 0. The first kappa shape index (κ1) is 10.5. The fraction of sp³-hybridized carbons (Fsp3) is 0.538. The number of rotatable bonds is 3. The Morgan fingerprint density at radius 1 is 1.27 bits per heavy atom. The van der Waals surface area contributed by atoms with Gasteiger partial charge in [-0.2, -0.15) is 0 Å². The highest BCUT2D eigenvalue weighted by Gasteiger charge is 2.32. The summed E-state index contributed by atoms with van der Waals surface area (Å²) in [6.45, 7) is 2.88. The van der Waals surface area contributed by atoms with Crippen molar-refractivity contribution < 1.29 is 0 Å². The summed E-state index contributed by atoms with van der Waals surface area (Å²) in [6, 6.07) is 8.44. The Hall–Kier alpha value is -1.02. The topological polar surface area (TPSA) is 38.0 Å². The molecule has 0 amide bonds. The third kappa shape index (κ3) is 2.15. The third-order valence-electron chi connectivity index (χ3n) is 3.50. The average molecular weight is 204 g/mol. The third-order valence-corrected chi connectivity index (χ3v) is 3.50. The Kier molecular flexibility index (Phi) is 2.96. The van der Waals surface area contributed by atoms with E-state index in [2.05, 4.69) is 36.5 Å². The Labute approximate surface area is 91.9 Å². The van der Waals surface area contributed by atoms with E-state index in [9.17, 15) is 0 Å². The Balaban J connectivity index is 2.16. The summed E-state index contributed by atoms with van der Waals surface area (Å²) in [5.41, 5.74) is 8.61. The van der Waals surface area contributed by atoms with Crippen LogP contribution in [0.1, 0.15) is 31.2 Å². The zero-order chi connectivity index (χ0) is 10.7. The number of hydrogen-bond acceptors (Lipinski definition) is 2. The van der Waals surface area contributed by atoms with Gasteiger partial charge in [-0.05, 0) is 31.4 Å². The van der Waals surface area contributed by atoms with E-state index in [1.807, 2.05) is 0 Å². The molecular formula is C13H20N2. The maximum absolute atomic E-state index is 5.90. The van der Waals surface area contributed by atoms with Gasteiger partial charge in [0.15, 0.2) is 0 Å². The molecule has 1 aliphatic rings. The molecule has 0 aromatic heterocycles. The fourth-order valence-corrected chi connectivity index (χ4v) is 2.43. The van der Waals surface area contributed by atoms with Gasteiger partial charge in [0, 0.05) is 17.8 Å². The molecule has 1 fully saturated rings. The second-order valence-corrected chi connectivity index (χ2v) is 4.63. The molecule has 0 aliphatic heterocycles. The Morgan fingerprint density at radius 3 is 2.53 bits per heavy atom. The van der Waals surface area contributed by atoms with E-state index in [1.54, 1.807) is 0 Å². The molecule has 0 spiro atoms. The first-order chi connectivity index (χ1) is 7.26. The van der Waals surface area contributed by atoms with E-state index in [4.69, 9.17) is 5.73 Å². The van der Waals surface area contributed by atoms with Gasteiger partial charge in [-0.15, -0.1) is 0 Å². The number of aryl methyl sites for hydroxylation is 1. The molecule has 1 aromatic rings. The number of hydrogen-bond donors (Lipinski definition) is 2. The summed E-state index contributed by atoms with van der Waals surface area (Å²) in [5, 5.41) is 3.65. The SMILES string of the molecule is Cc1ccccc1NC1(CN)CCCC1. The van der Waals surface area contributed by atoms with Gasteiger partial charge in [-0.25, -0.2) is 0 Å². The predicted octanol–water partition coefficient (Wildman–Crippen LogP) is 2.68. The highest BCUT2D eigenvalue weighted by atomic mass is 15.0. The fourth-order valence-electron chi connectivity index (χ4n) is 2.43. The van der Waals surface area contributed by atoms with Crippen LogP contribution in [0, 0.1) is 6.92 Å². The molecule has 1 aromatic carbocycles. The first-order valence-electron chi connectivity index (χ1n) is 5.80. The maximum Gasteiger partial charge on any atom is 0.0495 e. The van der Waals surface area contributed by atoms with Crippen molar-refractivity contribution in [1.82, 2.24) is 0 Å². The molecule has 2 heteroatoms. The molecule has 15 heavy (non-hydrogen) atoms. The van der Waals surface area contributed by atoms with Crippen LogP contribution < -0.4 is 11.1 Å². The minimum atomic E-state index is 0.159. The second-order valence-electron chi connectivity index (χ2n) is 4.63. The van der Waals surface area contributed by atoms with Gasteiger partial charge in [-0.1, -0.05) is 31.0 Å². The number of para-hydroxylation sites is 1. The van der Waals surface area contributed by atoms with E-state index >= 15 is 0 Å². The lowest BCUT2D eigenvalue weighted by molar-refractivity contribution is 0.493. The van der Waals surface area contributed by atoms with Crippen molar-refractivity contribution in [2.24, 2.45) is 5.73 Å². The second kappa shape index (κ2) is 4.23. The highest BCUT2D eigenvalue weighted by Crippen LogP contribution is 2.33. The first-order valence-corrected chi connectivity index (χ1v) is 5.80. The number of anilines is 1. The largest absolute Gasteiger partial charge is 0.378 e. The molecule has 1 aliphatic carbocycles. The molecule has 0 atom stereocenters. The molecule has 3 N–H and O–H groups in total. The molecule has 0 bridgehead atoms. The van der Waals surface area contributed by atoms with Crippen molar-refractivity contribution in [3.05, 3.63) is 29.8 Å². The quantitative estimate of drug-likeness (QED) is 0.794. The van der Waals surface area contributed by atoms with Crippen molar-refractivity contribution >= 4 is 5.69 Å². The van der Waals surface area contributed by atoms with Gasteiger partial charge in [0.1, 0.15) is 0 Å².